The highest BCUT2D eigenvalue weighted by atomic mass is 32.2. The normalized spacial score (nSPS) is 11.5. The number of thioether (sulfide) groups is 1. The van der Waals surface area contributed by atoms with E-state index in [9.17, 15) is 0 Å². The highest BCUT2D eigenvalue weighted by molar-refractivity contribution is 7.99. The molecule has 0 saturated carbocycles. The maximum absolute atomic E-state index is 4.90. The number of hydrogen-bond acceptors (Lipinski definition) is 2. The third kappa shape index (κ3) is 3.67. The van der Waals surface area contributed by atoms with Crippen molar-refractivity contribution in [3.05, 3.63) is 59.4 Å². The molecule has 1 heterocycles. The molecule has 1 aromatic heterocycles. The summed E-state index contributed by atoms with van der Waals surface area (Å²) >= 11 is 1.93. The first-order chi connectivity index (χ1) is 11.6. The molecular formula is C21H26N2S. The fourth-order valence-electron chi connectivity index (χ4n) is 2.91. The van der Waals surface area contributed by atoms with Gasteiger partial charge in [0.1, 0.15) is 5.82 Å². The lowest BCUT2D eigenvalue weighted by Crippen LogP contribution is -2.06. The molecule has 0 aliphatic carbocycles. The van der Waals surface area contributed by atoms with Gasteiger partial charge in [-0.3, -0.25) is 0 Å². The molecule has 0 atom stereocenters. The van der Waals surface area contributed by atoms with E-state index in [0.29, 0.717) is 5.92 Å². The second-order valence-electron chi connectivity index (χ2n) is 6.70. The number of rotatable bonds is 6. The Kier molecular flexibility index (Phi) is 5.30. The van der Waals surface area contributed by atoms with Gasteiger partial charge in [0.2, 0.25) is 0 Å². The monoisotopic (exact) mass is 338 g/mol. The van der Waals surface area contributed by atoms with E-state index in [1.807, 2.05) is 11.8 Å². The SMILES string of the molecule is CCCSc1ccc2nc(C(C)C)n(Cc3ccc(C)cc3)c2c1. The molecule has 3 rings (SSSR count). The predicted molar refractivity (Wildman–Crippen MR) is 105 cm³/mol. The van der Waals surface area contributed by atoms with Crippen molar-refractivity contribution in [3.63, 3.8) is 0 Å². The lowest BCUT2D eigenvalue weighted by Gasteiger charge is -2.12. The Labute approximate surface area is 149 Å². The van der Waals surface area contributed by atoms with Crippen LogP contribution in [0.5, 0.6) is 0 Å². The number of aryl methyl sites for hydroxylation is 1. The van der Waals surface area contributed by atoms with E-state index < -0.39 is 0 Å². The van der Waals surface area contributed by atoms with E-state index in [1.54, 1.807) is 0 Å². The highest BCUT2D eigenvalue weighted by Crippen LogP contribution is 2.28. The molecule has 0 bridgehead atoms. The minimum Gasteiger partial charge on any atom is -0.323 e. The van der Waals surface area contributed by atoms with Crippen LogP contribution in [0, 0.1) is 6.92 Å². The van der Waals surface area contributed by atoms with Gasteiger partial charge >= 0.3 is 0 Å². The summed E-state index contributed by atoms with van der Waals surface area (Å²) < 4.78 is 2.39. The lowest BCUT2D eigenvalue weighted by atomic mass is 10.1. The number of aromatic nitrogens is 2. The molecule has 0 N–H and O–H groups in total. The van der Waals surface area contributed by atoms with Crippen LogP contribution in [0.4, 0.5) is 0 Å². The van der Waals surface area contributed by atoms with Crippen LogP contribution in [0.15, 0.2) is 47.4 Å². The van der Waals surface area contributed by atoms with Crippen LogP contribution in [0.25, 0.3) is 11.0 Å². The quantitative estimate of drug-likeness (QED) is 0.512. The molecule has 0 aliphatic heterocycles. The van der Waals surface area contributed by atoms with Crippen molar-refractivity contribution in [3.8, 4) is 0 Å². The summed E-state index contributed by atoms with van der Waals surface area (Å²) in [5.74, 6) is 2.74. The lowest BCUT2D eigenvalue weighted by molar-refractivity contribution is 0.683. The number of imidazole rings is 1. The maximum Gasteiger partial charge on any atom is 0.112 e. The molecule has 0 fully saturated rings. The summed E-state index contributed by atoms with van der Waals surface area (Å²) in [7, 11) is 0. The smallest absolute Gasteiger partial charge is 0.112 e. The molecule has 0 amide bonds. The van der Waals surface area contributed by atoms with Gasteiger partial charge in [0, 0.05) is 17.4 Å². The maximum atomic E-state index is 4.90. The van der Waals surface area contributed by atoms with Crippen LogP contribution in [0.1, 0.15) is 50.1 Å². The summed E-state index contributed by atoms with van der Waals surface area (Å²) in [5, 5.41) is 0. The molecular weight excluding hydrogens is 312 g/mol. The molecule has 0 aliphatic rings. The van der Waals surface area contributed by atoms with Gasteiger partial charge in [0.15, 0.2) is 0 Å². The van der Waals surface area contributed by atoms with Crippen LogP contribution >= 0.6 is 11.8 Å². The van der Waals surface area contributed by atoms with E-state index in [2.05, 4.69) is 74.7 Å². The Hall–Kier alpha value is -1.74. The Morgan fingerprint density at radius 3 is 2.50 bits per heavy atom. The minimum atomic E-state index is 0.412. The van der Waals surface area contributed by atoms with Crippen molar-refractivity contribution in [2.75, 3.05) is 5.75 Å². The first kappa shape index (κ1) is 17.1. The van der Waals surface area contributed by atoms with E-state index >= 15 is 0 Å². The van der Waals surface area contributed by atoms with Crippen molar-refractivity contribution in [1.82, 2.24) is 9.55 Å². The van der Waals surface area contributed by atoms with Crippen LogP contribution in [-0.4, -0.2) is 15.3 Å². The molecule has 3 heteroatoms. The van der Waals surface area contributed by atoms with Crippen molar-refractivity contribution in [2.24, 2.45) is 0 Å². The van der Waals surface area contributed by atoms with Crippen LogP contribution in [0.3, 0.4) is 0 Å². The third-order valence-corrected chi connectivity index (χ3v) is 5.40. The summed E-state index contributed by atoms with van der Waals surface area (Å²) in [4.78, 5) is 6.24. The Bertz CT molecular complexity index is 816. The Morgan fingerprint density at radius 1 is 1.08 bits per heavy atom. The average Bonchev–Trinajstić information content (AvgIpc) is 2.93. The molecule has 0 saturated heterocycles. The molecule has 0 unspecified atom stereocenters. The Morgan fingerprint density at radius 2 is 1.83 bits per heavy atom. The van der Waals surface area contributed by atoms with Crippen LogP contribution in [-0.2, 0) is 6.54 Å². The molecule has 2 nitrogen and oxygen atoms in total. The standard InChI is InChI=1S/C21H26N2S/c1-5-12-24-18-10-11-19-20(13-18)23(21(22-19)15(2)3)14-17-8-6-16(4)7-9-17/h6-11,13,15H,5,12,14H2,1-4H3. The molecule has 24 heavy (non-hydrogen) atoms. The van der Waals surface area contributed by atoms with Crippen LogP contribution in [0.2, 0.25) is 0 Å². The van der Waals surface area contributed by atoms with Crippen LogP contribution < -0.4 is 0 Å². The van der Waals surface area contributed by atoms with E-state index in [4.69, 9.17) is 4.98 Å². The zero-order valence-corrected chi connectivity index (χ0v) is 15.9. The molecule has 126 valence electrons. The molecule has 0 spiro atoms. The van der Waals surface area contributed by atoms with Crippen molar-refractivity contribution in [1.29, 1.82) is 0 Å². The number of hydrogen-bond donors (Lipinski definition) is 0. The number of benzene rings is 2. The van der Waals surface area contributed by atoms with Gasteiger partial charge in [0.05, 0.1) is 11.0 Å². The topological polar surface area (TPSA) is 17.8 Å². The average molecular weight is 339 g/mol. The molecule has 2 aromatic carbocycles. The zero-order chi connectivity index (χ0) is 17.1. The fourth-order valence-corrected chi connectivity index (χ4v) is 3.71. The van der Waals surface area contributed by atoms with Crippen molar-refractivity contribution < 1.29 is 0 Å². The van der Waals surface area contributed by atoms with E-state index in [1.165, 1.54) is 33.8 Å². The number of nitrogens with zero attached hydrogens (tertiary/aromatic N) is 2. The predicted octanol–water partition coefficient (Wildman–Crippen LogP) is 6.02. The van der Waals surface area contributed by atoms with Gasteiger partial charge < -0.3 is 4.57 Å². The minimum absolute atomic E-state index is 0.412. The first-order valence-corrected chi connectivity index (χ1v) is 9.75. The van der Waals surface area contributed by atoms with Gasteiger partial charge in [-0.1, -0.05) is 50.6 Å². The molecule has 0 radical (unpaired) electrons. The largest absolute Gasteiger partial charge is 0.323 e. The summed E-state index contributed by atoms with van der Waals surface area (Å²) in [6.07, 6.45) is 1.20. The second-order valence-corrected chi connectivity index (χ2v) is 7.86. The third-order valence-electron chi connectivity index (χ3n) is 4.20. The van der Waals surface area contributed by atoms with E-state index in [-0.39, 0.29) is 0 Å². The summed E-state index contributed by atoms with van der Waals surface area (Å²) in [6.45, 7) is 9.68. The van der Waals surface area contributed by atoms with Gasteiger partial charge in [0.25, 0.3) is 0 Å². The number of fused-ring (bicyclic) bond motifs is 1. The highest BCUT2D eigenvalue weighted by Gasteiger charge is 2.14. The van der Waals surface area contributed by atoms with Gasteiger partial charge in [-0.15, -0.1) is 11.8 Å². The summed E-state index contributed by atoms with van der Waals surface area (Å²) in [6, 6.07) is 15.5. The van der Waals surface area contributed by atoms with Gasteiger partial charge in [-0.05, 0) is 42.9 Å². The first-order valence-electron chi connectivity index (χ1n) is 8.77. The fraction of sp³-hybridized carbons (Fsp3) is 0.381. The molecule has 3 aromatic rings. The summed E-state index contributed by atoms with van der Waals surface area (Å²) in [5.41, 5.74) is 4.98. The van der Waals surface area contributed by atoms with Gasteiger partial charge in [-0.25, -0.2) is 4.98 Å². The van der Waals surface area contributed by atoms with Crippen molar-refractivity contribution in [2.45, 2.75) is 51.5 Å². The second kappa shape index (κ2) is 7.43. The van der Waals surface area contributed by atoms with E-state index in [0.717, 1.165) is 17.8 Å². The Balaban J connectivity index is 2.04. The van der Waals surface area contributed by atoms with Crippen molar-refractivity contribution >= 4 is 22.8 Å². The van der Waals surface area contributed by atoms with Gasteiger partial charge in [-0.2, -0.15) is 0 Å². The zero-order valence-electron chi connectivity index (χ0n) is 15.0.